The maximum absolute atomic E-state index is 12.5. The molecule has 0 atom stereocenters. The molecular formula is C22H17N3O4. The molecule has 0 spiro atoms. The van der Waals surface area contributed by atoms with Gasteiger partial charge < -0.3 is 9.73 Å². The van der Waals surface area contributed by atoms with Gasteiger partial charge in [0.05, 0.1) is 4.92 Å². The number of furan rings is 1. The number of nitrogens with zero attached hydrogens (tertiary/aromatic N) is 2. The average Bonchev–Trinajstić information content (AvgIpc) is 3.17. The molecular weight excluding hydrogens is 370 g/mol. The number of hydrogen-bond donors (Lipinski definition) is 1. The normalized spacial score (nSPS) is 11.0. The Morgan fingerprint density at radius 1 is 1.17 bits per heavy atom. The summed E-state index contributed by atoms with van der Waals surface area (Å²) in [6.45, 7) is 3.82. The van der Waals surface area contributed by atoms with E-state index in [0.29, 0.717) is 22.8 Å². The predicted octanol–water partition coefficient (Wildman–Crippen LogP) is 5.02. The Morgan fingerprint density at radius 3 is 2.66 bits per heavy atom. The molecule has 2 aromatic carbocycles. The fraction of sp³-hybridized carbons (Fsp3) is 0.0909. The number of nitro groups is 1. The number of anilines is 1. The fourth-order valence-corrected chi connectivity index (χ4v) is 2.79. The third-order valence-corrected chi connectivity index (χ3v) is 4.25. The summed E-state index contributed by atoms with van der Waals surface area (Å²) in [7, 11) is 0. The molecule has 7 nitrogen and oxygen atoms in total. The lowest BCUT2D eigenvalue weighted by Gasteiger charge is -2.08. The van der Waals surface area contributed by atoms with Crippen molar-refractivity contribution < 1.29 is 14.1 Å². The molecule has 3 rings (SSSR count). The van der Waals surface area contributed by atoms with E-state index in [9.17, 15) is 20.2 Å². The fourth-order valence-electron chi connectivity index (χ4n) is 2.79. The second-order valence-corrected chi connectivity index (χ2v) is 6.45. The van der Waals surface area contributed by atoms with Crippen LogP contribution in [-0.2, 0) is 4.79 Å². The number of carbonyl (C=O) groups excluding carboxylic acids is 1. The summed E-state index contributed by atoms with van der Waals surface area (Å²) >= 11 is 0. The summed E-state index contributed by atoms with van der Waals surface area (Å²) in [5.41, 5.74) is 2.93. The number of nitrogens with one attached hydrogen (secondary N) is 1. The lowest BCUT2D eigenvalue weighted by atomic mass is 10.1. The van der Waals surface area contributed by atoms with Gasteiger partial charge in [0, 0.05) is 29.5 Å². The minimum absolute atomic E-state index is 0.0541. The molecule has 0 saturated heterocycles. The lowest BCUT2D eigenvalue weighted by molar-refractivity contribution is -0.384. The van der Waals surface area contributed by atoms with Crippen molar-refractivity contribution in [3.8, 4) is 17.4 Å². The number of nitriles is 1. The monoisotopic (exact) mass is 387 g/mol. The van der Waals surface area contributed by atoms with Crippen molar-refractivity contribution in [1.82, 2.24) is 0 Å². The number of rotatable bonds is 5. The molecule has 0 aliphatic carbocycles. The molecule has 0 saturated carbocycles. The van der Waals surface area contributed by atoms with E-state index < -0.39 is 10.8 Å². The molecule has 29 heavy (non-hydrogen) atoms. The van der Waals surface area contributed by atoms with Crippen LogP contribution in [0.4, 0.5) is 11.4 Å². The zero-order valence-corrected chi connectivity index (χ0v) is 15.8. The van der Waals surface area contributed by atoms with Gasteiger partial charge in [0.2, 0.25) is 0 Å². The molecule has 0 bridgehead atoms. The first-order valence-electron chi connectivity index (χ1n) is 8.72. The lowest BCUT2D eigenvalue weighted by Crippen LogP contribution is -2.14. The Labute approximate surface area is 167 Å². The van der Waals surface area contributed by atoms with Crippen LogP contribution in [0.3, 0.4) is 0 Å². The third-order valence-electron chi connectivity index (χ3n) is 4.25. The van der Waals surface area contributed by atoms with Gasteiger partial charge >= 0.3 is 0 Å². The van der Waals surface area contributed by atoms with E-state index in [-0.39, 0.29) is 11.3 Å². The summed E-state index contributed by atoms with van der Waals surface area (Å²) in [6, 6.07) is 16.7. The molecule has 1 aromatic heterocycles. The van der Waals surface area contributed by atoms with Crippen LogP contribution in [0.1, 0.15) is 16.9 Å². The SMILES string of the molecule is Cc1ccc(NC(=O)/C(C#N)=C/c2ccc(-c3cccc([N+](=O)[O-])c3)o2)c(C)c1. The minimum Gasteiger partial charge on any atom is -0.457 e. The summed E-state index contributed by atoms with van der Waals surface area (Å²) in [5.74, 6) is 0.138. The van der Waals surface area contributed by atoms with Crippen molar-refractivity contribution in [2.24, 2.45) is 0 Å². The number of nitro benzene ring substituents is 1. The van der Waals surface area contributed by atoms with Crippen LogP contribution >= 0.6 is 0 Å². The van der Waals surface area contributed by atoms with Gasteiger partial charge in [-0.1, -0.05) is 29.8 Å². The second-order valence-electron chi connectivity index (χ2n) is 6.45. The number of non-ortho nitro benzene ring substituents is 1. The molecule has 0 radical (unpaired) electrons. The zero-order valence-electron chi connectivity index (χ0n) is 15.8. The highest BCUT2D eigenvalue weighted by molar-refractivity contribution is 6.09. The predicted molar refractivity (Wildman–Crippen MR) is 109 cm³/mol. The topological polar surface area (TPSA) is 109 Å². The first-order valence-corrected chi connectivity index (χ1v) is 8.72. The van der Waals surface area contributed by atoms with Crippen LogP contribution in [-0.4, -0.2) is 10.8 Å². The van der Waals surface area contributed by atoms with Gasteiger partial charge in [-0.2, -0.15) is 5.26 Å². The molecule has 144 valence electrons. The van der Waals surface area contributed by atoms with Crippen LogP contribution < -0.4 is 5.32 Å². The standard InChI is InChI=1S/C22H17N3O4/c1-14-6-8-20(15(2)10-14)24-22(26)17(13-23)12-19-7-9-21(29-19)16-4-3-5-18(11-16)25(27)28/h3-12H,1-2H3,(H,24,26)/b17-12+. The number of aryl methyl sites for hydroxylation is 2. The van der Waals surface area contributed by atoms with Crippen molar-refractivity contribution in [3.63, 3.8) is 0 Å². The van der Waals surface area contributed by atoms with Crippen LogP contribution in [0, 0.1) is 35.3 Å². The Balaban J connectivity index is 1.83. The third kappa shape index (κ3) is 4.57. The van der Waals surface area contributed by atoms with E-state index in [4.69, 9.17) is 4.42 Å². The van der Waals surface area contributed by atoms with Crippen LogP contribution in [0.15, 0.2) is 64.6 Å². The van der Waals surface area contributed by atoms with E-state index in [1.54, 1.807) is 30.3 Å². The van der Waals surface area contributed by atoms with Crippen LogP contribution in [0.2, 0.25) is 0 Å². The smallest absolute Gasteiger partial charge is 0.270 e. The molecule has 1 heterocycles. The highest BCUT2D eigenvalue weighted by Crippen LogP contribution is 2.26. The summed E-state index contributed by atoms with van der Waals surface area (Å²) < 4.78 is 5.65. The van der Waals surface area contributed by atoms with Crippen LogP contribution in [0.5, 0.6) is 0 Å². The highest BCUT2D eigenvalue weighted by atomic mass is 16.6. The molecule has 0 aliphatic rings. The highest BCUT2D eigenvalue weighted by Gasteiger charge is 2.14. The van der Waals surface area contributed by atoms with Crippen molar-refractivity contribution >= 4 is 23.4 Å². The first-order chi connectivity index (χ1) is 13.9. The molecule has 1 N–H and O–H groups in total. The van der Waals surface area contributed by atoms with Gasteiger partial charge in [0.1, 0.15) is 23.2 Å². The van der Waals surface area contributed by atoms with Crippen molar-refractivity contribution in [1.29, 1.82) is 5.26 Å². The van der Waals surface area contributed by atoms with E-state index in [1.165, 1.54) is 18.2 Å². The molecule has 3 aromatic rings. The van der Waals surface area contributed by atoms with Crippen molar-refractivity contribution in [2.75, 3.05) is 5.32 Å². The van der Waals surface area contributed by atoms with E-state index in [0.717, 1.165) is 11.1 Å². The zero-order chi connectivity index (χ0) is 21.0. The van der Waals surface area contributed by atoms with E-state index in [2.05, 4.69) is 5.32 Å². The second kappa shape index (κ2) is 8.23. The molecule has 7 heteroatoms. The summed E-state index contributed by atoms with van der Waals surface area (Å²) in [4.78, 5) is 22.9. The van der Waals surface area contributed by atoms with Crippen LogP contribution in [0.25, 0.3) is 17.4 Å². The molecule has 1 amide bonds. The Bertz CT molecular complexity index is 1170. The van der Waals surface area contributed by atoms with Crippen molar-refractivity contribution in [2.45, 2.75) is 13.8 Å². The Hall–Kier alpha value is -4.18. The maximum Gasteiger partial charge on any atom is 0.270 e. The molecule has 0 aliphatic heterocycles. The Kier molecular flexibility index (Phi) is 5.56. The van der Waals surface area contributed by atoms with Gasteiger partial charge in [-0.3, -0.25) is 14.9 Å². The largest absolute Gasteiger partial charge is 0.457 e. The number of carbonyl (C=O) groups is 1. The van der Waals surface area contributed by atoms with Crippen molar-refractivity contribution in [3.05, 3.63) is 87.2 Å². The van der Waals surface area contributed by atoms with E-state index in [1.807, 2.05) is 32.0 Å². The summed E-state index contributed by atoms with van der Waals surface area (Å²) in [6.07, 6.45) is 1.33. The van der Waals surface area contributed by atoms with E-state index >= 15 is 0 Å². The molecule has 0 fully saturated rings. The Morgan fingerprint density at radius 2 is 1.97 bits per heavy atom. The number of hydrogen-bond acceptors (Lipinski definition) is 5. The van der Waals surface area contributed by atoms with Gasteiger partial charge in [-0.15, -0.1) is 0 Å². The van der Waals surface area contributed by atoms with Gasteiger partial charge in [0.15, 0.2) is 0 Å². The minimum atomic E-state index is -0.548. The molecule has 0 unspecified atom stereocenters. The van der Waals surface area contributed by atoms with Gasteiger partial charge in [0.25, 0.3) is 11.6 Å². The maximum atomic E-state index is 12.5. The number of amides is 1. The van der Waals surface area contributed by atoms with Gasteiger partial charge in [-0.25, -0.2) is 0 Å². The quantitative estimate of drug-likeness (QED) is 0.286. The van der Waals surface area contributed by atoms with Gasteiger partial charge in [-0.05, 0) is 37.6 Å². The number of benzene rings is 2. The average molecular weight is 387 g/mol. The summed E-state index contributed by atoms with van der Waals surface area (Å²) in [5, 5.41) is 23.0. The first kappa shape index (κ1) is 19.6.